The number of hydrogen-bond donors (Lipinski definition) is 2. The van der Waals surface area contributed by atoms with Crippen LogP contribution in [0.2, 0.25) is 0 Å². The van der Waals surface area contributed by atoms with Gasteiger partial charge in [-0.05, 0) is 18.4 Å². The van der Waals surface area contributed by atoms with Gasteiger partial charge in [0, 0.05) is 18.6 Å². The Balaban J connectivity index is 1.82. The van der Waals surface area contributed by atoms with Crippen LogP contribution < -0.4 is 11.1 Å². The van der Waals surface area contributed by atoms with Gasteiger partial charge in [0.25, 0.3) is 0 Å². The molecule has 1 aliphatic rings. The molecule has 0 saturated heterocycles. The molecule has 0 radical (unpaired) electrons. The van der Waals surface area contributed by atoms with Crippen molar-refractivity contribution in [2.75, 3.05) is 0 Å². The number of nitrogens with one attached hydrogen (secondary N) is 1. The lowest BCUT2D eigenvalue weighted by Crippen LogP contribution is -2.46. The maximum atomic E-state index is 6.08. The minimum absolute atomic E-state index is 0.350. The van der Waals surface area contributed by atoms with E-state index >= 15 is 0 Å². The fourth-order valence-corrected chi connectivity index (χ4v) is 2.26. The lowest BCUT2D eigenvalue weighted by Gasteiger charge is -2.29. The first kappa shape index (κ1) is 10.7. The first-order valence-corrected chi connectivity index (χ1v) is 5.89. The average molecular weight is 204 g/mol. The minimum atomic E-state index is 0.350. The zero-order chi connectivity index (χ0) is 10.5. The summed E-state index contributed by atoms with van der Waals surface area (Å²) in [6, 6.07) is 11.4. The third-order valence-corrected chi connectivity index (χ3v) is 3.23. The maximum Gasteiger partial charge on any atom is 0.0222 e. The van der Waals surface area contributed by atoms with E-state index in [-0.39, 0.29) is 0 Å². The summed E-state index contributed by atoms with van der Waals surface area (Å²) in [4.78, 5) is 0. The minimum Gasteiger partial charge on any atom is -0.326 e. The second-order valence-electron chi connectivity index (χ2n) is 4.42. The van der Waals surface area contributed by atoms with Crippen LogP contribution in [0.15, 0.2) is 30.3 Å². The first-order chi connectivity index (χ1) is 7.36. The van der Waals surface area contributed by atoms with Gasteiger partial charge >= 0.3 is 0 Å². The zero-order valence-electron chi connectivity index (χ0n) is 9.15. The molecular weight excluding hydrogens is 184 g/mol. The van der Waals surface area contributed by atoms with Gasteiger partial charge in [0.1, 0.15) is 0 Å². The van der Waals surface area contributed by atoms with Crippen molar-refractivity contribution in [1.82, 2.24) is 5.32 Å². The molecule has 15 heavy (non-hydrogen) atoms. The van der Waals surface area contributed by atoms with Gasteiger partial charge < -0.3 is 11.1 Å². The highest BCUT2D eigenvalue weighted by Crippen LogP contribution is 2.17. The van der Waals surface area contributed by atoms with Crippen molar-refractivity contribution in [3.05, 3.63) is 35.9 Å². The fraction of sp³-hybridized carbons (Fsp3) is 0.538. The van der Waals surface area contributed by atoms with E-state index in [4.69, 9.17) is 5.73 Å². The van der Waals surface area contributed by atoms with E-state index in [0.717, 1.165) is 6.54 Å². The van der Waals surface area contributed by atoms with Gasteiger partial charge in [0.15, 0.2) is 0 Å². The SMILES string of the molecule is N[C@@H]1CCCC[C@@H]1NCc1ccccc1. The van der Waals surface area contributed by atoms with E-state index in [9.17, 15) is 0 Å². The van der Waals surface area contributed by atoms with Crippen LogP contribution in [-0.4, -0.2) is 12.1 Å². The Bertz CT molecular complexity index is 284. The van der Waals surface area contributed by atoms with Crippen molar-refractivity contribution in [1.29, 1.82) is 0 Å². The molecule has 1 aromatic rings. The van der Waals surface area contributed by atoms with Crippen molar-refractivity contribution >= 4 is 0 Å². The number of rotatable bonds is 3. The van der Waals surface area contributed by atoms with Crippen LogP contribution in [0.1, 0.15) is 31.2 Å². The number of benzene rings is 1. The molecular formula is C13H20N2. The summed E-state index contributed by atoms with van der Waals surface area (Å²) < 4.78 is 0. The van der Waals surface area contributed by atoms with Gasteiger partial charge in [-0.1, -0.05) is 43.2 Å². The molecule has 0 aliphatic heterocycles. The van der Waals surface area contributed by atoms with E-state index in [1.165, 1.54) is 31.2 Å². The van der Waals surface area contributed by atoms with E-state index < -0.39 is 0 Å². The molecule has 1 aromatic carbocycles. The van der Waals surface area contributed by atoms with Gasteiger partial charge in [0.2, 0.25) is 0 Å². The standard InChI is InChI=1S/C13H20N2/c14-12-8-4-5-9-13(12)15-10-11-6-2-1-3-7-11/h1-3,6-7,12-13,15H,4-5,8-10,14H2/t12-,13+/m1/s1. The van der Waals surface area contributed by atoms with Gasteiger partial charge in [-0.2, -0.15) is 0 Å². The molecule has 0 amide bonds. The Hall–Kier alpha value is -0.860. The monoisotopic (exact) mass is 204 g/mol. The third-order valence-electron chi connectivity index (χ3n) is 3.23. The van der Waals surface area contributed by atoms with Gasteiger partial charge in [-0.3, -0.25) is 0 Å². The number of nitrogens with two attached hydrogens (primary N) is 1. The molecule has 2 atom stereocenters. The molecule has 1 saturated carbocycles. The molecule has 3 N–H and O–H groups in total. The summed E-state index contributed by atoms with van der Waals surface area (Å²) in [5, 5.41) is 3.56. The summed E-state index contributed by atoms with van der Waals surface area (Å²) in [6.07, 6.45) is 5.02. The molecule has 0 heterocycles. The predicted molar refractivity (Wildman–Crippen MR) is 63.5 cm³/mol. The summed E-state index contributed by atoms with van der Waals surface area (Å²) >= 11 is 0. The van der Waals surface area contributed by atoms with Gasteiger partial charge in [-0.15, -0.1) is 0 Å². The third kappa shape index (κ3) is 3.05. The Morgan fingerprint density at radius 1 is 1.13 bits per heavy atom. The van der Waals surface area contributed by atoms with Crippen LogP contribution in [-0.2, 0) is 6.54 Å². The molecule has 2 heteroatoms. The topological polar surface area (TPSA) is 38.0 Å². The lowest BCUT2D eigenvalue weighted by atomic mass is 9.91. The largest absolute Gasteiger partial charge is 0.326 e. The molecule has 2 rings (SSSR count). The van der Waals surface area contributed by atoms with Crippen LogP contribution in [0.4, 0.5) is 0 Å². The molecule has 2 nitrogen and oxygen atoms in total. The Morgan fingerprint density at radius 2 is 1.87 bits per heavy atom. The second kappa shape index (κ2) is 5.29. The van der Waals surface area contributed by atoms with Crippen LogP contribution in [0.25, 0.3) is 0 Å². The normalized spacial score (nSPS) is 26.5. The summed E-state index contributed by atoms with van der Waals surface area (Å²) in [5.74, 6) is 0. The van der Waals surface area contributed by atoms with Crippen molar-refractivity contribution in [3.8, 4) is 0 Å². The van der Waals surface area contributed by atoms with Crippen LogP contribution in [0.5, 0.6) is 0 Å². The lowest BCUT2D eigenvalue weighted by molar-refractivity contribution is 0.326. The Kier molecular flexibility index (Phi) is 3.75. The predicted octanol–water partition coefficient (Wildman–Crippen LogP) is 2.05. The Morgan fingerprint density at radius 3 is 2.60 bits per heavy atom. The summed E-state index contributed by atoms with van der Waals surface area (Å²) in [7, 11) is 0. The van der Waals surface area contributed by atoms with Crippen LogP contribution in [0, 0.1) is 0 Å². The van der Waals surface area contributed by atoms with Crippen LogP contribution in [0.3, 0.4) is 0 Å². The molecule has 1 fully saturated rings. The van der Waals surface area contributed by atoms with Gasteiger partial charge in [-0.25, -0.2) is 0 Å². The zero-order valence-corrected chi connectivity index (χ0v) is 9.15. The van der Waals surface area contributed by atoms with Crippen molar-refractivity contribution in [3.63, 3.8) is 0 Å². The van der Waals surface area contributed by atoms with Crippen LogP contribution >= 0.6 is 0 Å². The quantitative estimate of drug-likeness (QED) is 0.790. The summed E-state index contributed by atoms with van der Waals surface area (Å²) in [6.45, 7) is 0.944. The highest BCUT2D eigenvalue weighted by molar-refractivity contribution is 5.14. The van der Waals surface area contributed by atoms with E-state index in [1.54, 1.807) is 0 Å². The van der Waals surface area contributed by atoms with Gasteiger partial charge in [0.05, 0.1) is 0 Å². The molecule has 0 unspecified atom stereocenters. The van der Waals surface area contributed by atoms with Crippen molar-refractivity contribution < 1.29 is 0 Å². The summed E-state index contributed by atoms with van der Waals surface area (Å²) in [5.41, 5.74) is 7.42. The highest BCUT2D eigenvalue weighted by atomic mass is 15.0. The highest BCUT2D eigenvalue weighted by Gasteiger charge is 2.20. The smallest absolute Gasteiger partial charge is 0.0222 e. The average Bonchev–Trinajstić information content (AvgIpc) is 2.29. The van der Waals surface area contributed by atoms with E-state index in [0.29, 0.717) is 12.1 Å². The fourth-order valence-electron chi connectivity index (χ4n) is 2.26. The second-order valence-corrected chi connectivity index (χ2v) is 4.42. The molecule has 0 bridgehead atoms. The van der Waals surface area contributed by atoms with E-state index in [1.807, 2.05) is 0 Å². The van der Waals surface area contributed by atoms with Crippen molar-refractivity contribution in [2.24, 2.45) is 5.73 Å². The Labute approximate surface area is 91.9 Å². The molecule has 1 aliphatic carbocycles. The molecule has 0 spiro atoms. The first-order valence-electron chi connectivity index (χ1n) is 5.89. The molecule has 0 aromatic heterocycles. The molecule has 82 valence electrons. The maximum absolute atomic E-state index is 6.08. The van der Waals surface area contributed by atoms with Crippen molar-refractivity contribution in [2.45, 2.75) is 44.3 Å². The number of hydrogen-bond acceptors (Lipinski definition) is 2. The van der Waals surface area contributed by atoms with E-state index in [2.05, 4.69) is 35.6 Å².